The van der Waals surface area contributed by atoms with Gasteiger partial charge in [0.15, 0.2) is 0 Å². The molecule has 0 atom stereocenters. The Hall–Kier alpha value is 1.41. The molecule has 0 aromatic heterocycles. The van der Waals surface area contributed by atoms with Crippen molar-refractivity contribution < 1.29 is 16.0 Å². The summed E-state index contributed by atoms with van der Waals surface area (Å²) in [5.74, 6) is 0. The topological polar surface area (TPSA) is 86.2 Å². The van der Waals surface area contributed by atoms with E-state index in [2.05, 4.69) is 0 Å². The van der Waals surface area contributed by atoms with Gasteiger partial charge in [-0.05, 0) is 0 Å². The van der Waals surface area contributed by atoms with E-state index in [0.29, 0.717) is 0 Å². The van der Waals surface area contributed by atoms with Gasteiger partial charge in [0.25, 0.3) is 0 Å². The second kappa shape index (κ2) is 5.54. The minimum absolute atomic E-state index is 0. The van der Waals surface area contributed by atoms with Crippen molar-refractivity contribution in [2.45, 2.75) is 0 Å². The SMILES string of the molecule is O=[As]([O-])([O-])[O-].[Al+3].[Ga+3]. The zero-order chi connectivity index (χ0) is 4.50. The van der Waals surface area contributed by atoms with Gasteiger partial charge in [-0.15, -0.1) is 0 Å². The molecule has 0 aliphatic rings. The second-order valence-electron chi connectivity index (χ2n) is 0.447. The maximum atomic E-state index is 8.61. The van der Waals surface area contributed by atoms with Crippen LogP contribution in [-0.2, 0) is 3.74 Å². The summed E-state index contributed by atoms with van der Waals surface area (Å²) in [6, 6.07) is 0. The fourth-order valence-electron chi connectivity index (χ4n) is 0. The predicted molar refractivity (Wildman–Crippen MR) is 17.9 cm³/mol. The first-order valence-corrected chi connectivity index (χ1v) is 3.79. The van der Waals surface area contributed by atoms with Crippen molar-refractivity contribution in [3.05, 3.63) is 0 Å². The van der Waals surface area contributed by atoms with Crippen LogP contribution in [0.15, 0.2) is 0 Å². The Labute approximate surface area is 67.5 Å². The third-order valence-electron chi connectivity index (χ3n) is 0. The van der Waals surface area contributed by atoms with Crippen molar-refractivity contribution in [1.29, 1.82) is 0 Å². The first-order chi connectivity index (χ1) is 2.00. The van der Waals surface area contributed by atoms with Crippen LogP contribution in [0, 0.1) is 0 Å². The van der Waals surface area contributed by atoms with Crippen LogP contribution < -0.4 is 12.3 Å². The van der Waals surface area contributed by atoms with Crippen molar-refractivity contribution in [3.63, 3.8) is 0 Å². The Bertz CT molecular complexity index is 57.8. The monoisotopic (exact) mass is 235 g/mol. The van der Waals surface area contributed by atoms with Gasteiger partial charge in [-0.1, -0.05) is 0 Å². The minimum atomic E-state index is -5.88. The molecule has 0 aromatic rings. The molecule has 0 rings (SSSR count). The van der Waals surface area contributed by atoms with Crippen LogP contribution in [0.5, 0.6) is 0 Å². The summed E-state index contributed by atoms with van der Waals surface area (Å²) >= 11 is -5.88. The van der Waals surface area contributed by atoms with Gasteiger partial charge in [-0.25, -0.2) is 0 Å². The van der Waals surface area contributed by atoms with Crippen molar-refractivity contribution in [3.8, 4) is 0 Å². The number of hydrogen-bond donors (Lipinski definition) is 0. The van der Waals surface area contributed by atoms with Crippen molar-refractivity contribution >= 4 is 51.7 Å². The van der Waals surface area contributed by atoms with Crippen LogP contribution in [0.4, 0.5) is 0 Å². The Morgan fingerprint density at radius 3 is 1.14 bits per heavy atom. The summed E-state index contributed by atoms with van der Waals surface area (Å²) in [7, 11) is 0. The molecule has 0 amide bonds. The van der Waals surface area contributed by atoms with E-state index in [1.54, 1.807) is 0 Å². The number of rotatable bonds is 0. The Kier molecular flexibility index (Phi) is 12.5. The smallest absolute Gasteiger partial charge is 3.00 e. The Morgan fingerprint density at radius 2 is 1.14 bits per heavy atom. The minimum Gasteiger partial charge on any atom is 3.00 e. The van der Waals surface area contributed by atoms with Crippen LogP contribution in [0.25, 0.3) is 0 Å². The molecule has 0 saturated carbocycles. The quantitative estimate of drug-likeness (QED) is 0.394. The summed E-state index contributed by atoms with van der Waals surface area (Å²) < 4.78 is 34.4. The van der Waals surface area contributed by atoms with Crippen LogP contribution in [0.3, 0.4) is 0 Å². The zero-order valence-corrected chi connectivity index (χ0v) is 8.69. The molecule has 0 fully saturated rings. The van der Waals surface area contributed by atoms with E-state index >= 15 is 0 Å². The van der Waals surface area contributed by atoms with Crippen LogP contribution in [0.2, 0.25) is 0 Å². The molecule has 4 nitrogen and oxygen atoms in total. The van der Waals surface area contributed by atoms with Crippen LogP contribution in [0.1, 0.15) is 0 Å². The maximum Gasteiger partial charge on any atom is 3.00 e. The second-order valence-corrected chi connectivity index (χ2v) is 2.32. The number of hydrogen-bond acceptors (Lipinski definition) is 4. The van der Waals surface area contributed by atoms with Crippen LogP contribution in [-0.4, -0.2) is 51.7 Å². The van der Waals surface area contributed by atoms with Crippen LogP contribution >= 0.6 is 0 Å². The van der Waals surface area contributed by atoms with Gasteiger partial charge in [0.1, 0.15) is 0 Å². The molecule has 7 heavy (non-hydrogen) atoms. The summed E-state index contributed by atoms with van der Waals surface area (Å²) in [5.41, 5.74) is 0. The molecule has 0 spiro atoms. The van der Waals surface area contributed by atoms with E-state index in [0.717, 1.165) is 0 Å². The van der Waals surface area contributed by atoms with E-state index in [1.807, 2.05) is 0 Å². The van der Waals surface area contributed by atoms with E-state index in [9.17, 15) is 0 Å². The van der Waals surface area contributed by atoms with Gasteiger partial charge in [0.2, 0.25) is 0 Å². The van der Waals surface area contributed by atoms with Gasteiger partial charge in [-0.2, -0.15) is 0 Å². The van der Waals surface area contributed by atoms with Crippen molar-refractivity contribution in [1.82, 2.24) is 0 Å². The first kappa shape index (κ1) is 15.8. The van der Waals surface area contributed by atoms with Gasteiger partial charge >= 0.3 is 67.7 Å². The van der Waals surface area contributed by atoms with Gasteiger partial charge in [0, 0.05) is 0 Å². The first-order valence-electron chi connectivity index (χ1n) is 0.730. The fraction of sp³-hybridized carbons (Fsp3) is 0. The molecular formula is AlAsGaO4+3. The molecule has 0 heterocycles. The third kappa shape index (κ3) is 109. The Morgan fingerprint density at radius 1 is 1.14 bits per heavy atom. The molecule has 0 aliphatic heterocycles. The molecule has 0 aliphatic carbocycles. The van der Waals surface area contributed by atoms with E-state index < -0.39 is 14.5 Å². The average molecular weight is 236 g/mol. The molecule has 0 unspecified atom stereocenters. The summed E-state index contributed by atoms with van der Waals surface area (Å²) in [6.07, 6.45) is 0. The summed E-state index contributed by atoms with van der Waals surface area (Å²) in [6.45, 7) is 0. The summed E-state index contributed by atoms with van der Waals surface area (Å²) in [4.78, 5) is 0. The van der Waals surface area contributed by atoms with E-state index in [1.165, 1.54) is 0 Å². The predicted octanol–water partition coefficient (Wildman–Crippen LogP) is -4.83. The Balaban J connectivity index is -0.0000000800. The van der Waals surface area contributed by atoms with E-state index in [-0.39, 0.29) is 37.2 Å². The molecule has 0 radical (unpaired) electrons. The largest absolute Gasteiger partial charge is 3.00 e. The molecule has 32 valence electrons. The van der Waals surface area contributed by atoms with Gasteiger partial charge < -0.3 is 0 Å². The zero-order valence-electron chi connectivity index (χ0n) is 3.23. The van der Waals surface area contributed by atoms with Gasteiger partial charge in [0.05, 0.1) is 0 Å². The molecule has 0 saturated heterocycles. The van der Waals surface area contributed by atoms with Crippen molar-refractivity contribution in [2.24, 2.45) is 0 Å². The fourth-order valence-corrected chi connectivity index (χ4v) is 0. The molecule has 0 N–H and O–H groups in total. The maximum absolute atomic E-state index is 8.61. The van der Waals surface area contributed by atoms with Gasteiger partial charge in [-0.3, -0.25) is 0 Å². The molecule has 0 aromatic carbocycles. The van der Waals surface area contributed by atoms with E-state index in [4.69, 9.17) is 16.0 Å². The molecule has 7 heteroatoms. The third-order valence-corrected chi connectivity index (χ3v) is 0. The molecule has 0 bridgehead atoms. The summed E-state index contributed by atoms with van der Waals surface area (Å²) in [5, 5.41) is 0. The molecular weight excluding hydrogens is 236 g/mol. The van der Waals surface area contributed by atoms with Crippen molar-refractivity contribution in [2.75, 3.05) is 0 Å². The average Bonchev–Trinajstić information content (AvgIpc) is 0.722. The standard InChI is InChI=1S/Al.AsH3O4.Ga/c;2-1(3,4)5;/h;(H3,2,3,4,5);/q+3;;+3/p-3. The normalized spacial score (nSPS) is 8.43.